The molecule has 0 amide bonds. The highest BCUT2D eigenvalue weighted by Gasteiger charge is 2.11. The Hall–Kier alpha value is -1.49. The van der Waals surface area contributed by atoms with Crippen LogP contribution < -0.4 is 5.32 Å². The second-order valence-electron chi connectivity index (χ2n) is 4.45. The van der Waals surface area contributed by atoms with E-state index in [9.17, 15) is 0 Å². The summed E-state index contributed by atoms with van der Waals surface area (Å²) in [7, 11) is 0. The van der Waals surface area contributed by atoms with Gasteiger partial charge in [-0.15, -0.1) is 0 Å². The van der Waals surface area contributed by atoms with Gasteiger partial charge >= 0.3 is 0 Å². The number of nitrogens with one attached hydrogen (secondary N) is 1. The Balaban J connectivity index is 1.98. The fourth-order valence-corrected chi connectivity index (χ4v) is 2.20. The largest absolute Gasteiger partial charge is 0.384 e. The number of hydrogen-bond donors (Lipinski definition) is 1. The van der Waals surface area contributed by atoms with Crippen LogP contribution in [0.5, 0.6) is 0 Å². The summed E-state index contributed by atoms with van der Waals surface area (Å²) in [5.74, 6) is 0.119. The Bertz CT molecular complexity index is 404. The third-order valence-corrected chi connectivity index (χ3v) is 3.33. The van der Waals surface area contributed by atoms with Crippen LogP contribution in [0.4, 0.5) is 5.69 Å². The van der Waals surface area contributed by atoms with Crippen molar-refractivity contribution in [2.24, 2.45) is 5.92 Å². The molecular formula is C14H18N2. The summed E-state index contributed by atoms with van der Waals surface area (Å²) in [4.78, 5) is 0. The van der Waals surface area contributed by atoms with Gasteiger partial charge in [-0.05, 0) is 48.9 Å². The summed E-state index contributed by atoms with van der Waals surface area (Å²) in [6.07, 6.45) is 4.63. The molecule has 0 saturated heterocycles. The van der Waals surface area contributed by atoms with Crippen LogP contribution in [0.15, 0.2) is 18.2 Å². The summed E-state index contributed by atoms with van der Waals surface area (Å²) in [6.45, 7) is 2.81. The predicted molar refractivity (Wildman–Crippen MR) is 66.4 cm³/mol. The number of nitrogens with zero attached hydrogens (tertiary/aromatic N) is 1. The minimum Gasteiger partial charge on any atom is -0.384 e. The van der Waals surface area contributed by atoms with Crippen molar-refractivity contribution in [2.45, 2.75) is 32.6 Å². The highest BCUT2D eigenvalue weighted by molar-refractivity contribution is 5.50. The molecule has 1 unspecified atom stereocenters. The van der Waals surface area contributed by atoms with Crippen molar-refractivity contribution in [1.29, 1.82) is 5.26 Å². The number of hydrogen-bond acceptors (Lipinski definition) is 2. The van der Waals surface area contributed by atoms with E-state index in [-0.39, 0.29) is 5.92 Å². The van der Waals surface area contributed by atoms with E-state index in [1.807, 2.05) is 0 Å². The van der Waals surface area contributed by atoms with Gasteiger partial charge in [0.25, 0.3) is 0 Å². The van der Waals surface area contributed by atoms with Crippen molar-refractivity contribution in [2.75, 3.05) is 11.9 Å². The van der Waals surface area contributed by atoms with Gasteiger partial charge in [-0.1, -0.05) is 13.0 Å². The van der Waals surface area contributed by atoms with Gasteiger partial charge in [-0.25, -0.2) is 0 Å². The summed E-state index contributed by atoms with van der Waals surface area (Å²) >= 11 is 0. The lowest BCUT2D eigenvalue weighted by molar-refractivity contribution is 0.674. The molecule has 0 aromatic heterocycles. The zero-order valence-corrected chi connectivity index (χ0v) is 9.79. The molecule has 0 fully saturated rings. The van der Waals surface area contributed by atoms with Gasteiger partial charge in [0, 0.05) is 12.2 Å². The maximum Gasteiger partial charge on any atom is 0.0674 e. The first-order chi connectivity index (χ1) is 7.83. The summed E-state index contributed by atoms with van der Waals surface area (Å²) in [5, 5.41) is 12.2. The van der Waals surface area contributed by atoms with Gasteiger partial charge < -0.3 is 5.32 Å². The molecule has 0 radical (unpaired) electrons. The average molecular weight is 214 g/mol. The zero-order chi connectivity index (χ0) is 11.4. The van der Waals surface area contributed by atoms with Gasteiger partial charge in [0.15, 0.2) is 0 Å². The number of anilines is 1. The van der Waals surface area contributed by atoms with E-state index in [1.54, 1.807) is 0 Å². The Kier molecular flexibility index (Phi) is 3.46. The van der Waals surface area contributed by atoms with Crippen molar-refractivity contribution in [3.8, 4) is 6.07 Å². The molecule has 1 atom stereocenters. The number of benzene rings is 1. The quantitative estimate of drug-likeness (QED) is 0.835. The molecule has 2 nitrogen and oxygen atoms in total. The third kappa shape index (κ3) is 2.36. The number of nitriles is 1. The van der Waals surface area contributed by atoms with Gasteiger partial charge in [0.1, 0.15) is 0 Å². The smallest absolute Gasteiger partial charge is 0.0674 e. The van der Waals surface area contributed by atoms with E-state index < -0.39 is 0 Å². The second-order valence-corrected chi connectivity index (χ2v) is 4.45. The topological polar surface area (TPSA) is 35.8 Å². The molecule has 0 heterocycles. The Morgan fingerprint density at radius 3 is 2.94 bits per heavy atom. The van der Waals surface area contributed by atoms with Gasteiger partial charge in [-0.3, -0.25) is 0 Å². The molecule has 1 aliphatic rings. The molecule has 2 heteroatoms. The molecular weight excluding hydrogens is 196 g/mol. The molecule has 84 valence electrons. The fourth-order valence-electron chi connectivity index (χ4n) is 2.20. The Morgan fingerprint density at radius 1 is 1.38 bits per heavy atom. The van der Waals surface area contributed by atoms with Crippen molar-refractivity contribution in [1.82, 2.24) is 0 Å². The molecule has 1 N–H and O–H groups in total. The van der Waals surface area contributed by atoms with Crippen LogP contribution in [0.2, 0.25) is 0 Å². The molecule has 0 bridgehead atoms. The maximum atomic E-state index is 8.87. The molecule has 0 spiro atoms. The normalized spacial score (nSPS) is 15.2. The Labute approximate surface area is 97.3 Å². The predicted octanol–water partition coefficient (Wildman–Crippen LogP) is 3.14. The van der Waals surface area contributed by atoms with Crippen LogP contribution in [-0.2, 0) is 12.8 Å². The van der Waals surface area contributed by atoms with E-state index in [0.29, 0.717) is 0 Å². The number of rotatable bonds is 4. The summed E-state index contributed by atoms with van der Waals surface area (Å²) < 4.78 is 0. The average Bonchev–Trinajstić information content (AvgIpc) is 2.77. The van der Waals surface area contributed by atoms with Crippen molar-refractivity contribution in [3.05, 3.63) is 29.3 Å². The molecule has 1 aromatic carbocycles. The molecule has 2 rings (SSSR count). The van der Waals surface area contributed by atoms with Gasteiger partial charge in [0.2, 0.25) is 0 Å². The molecule has 0 saturated carbocycles. The van der Waals surface area contributed by atoms with Crippen molar-refractivity contribution in [3.63, 3.8) is 0 Å². The van der Waals surface area contributed by atoms with Gasteiger partial charge in [-0.2, -0.15) is 5.26 Å². The van der Waals surface area contributed by atoms with Crippen molar-refractivity contribution >= 4 is 5.69 Å². The number of aryl methyl sites for hydroxylation is 2. The van der Waals surface area contributed by atoms with Crippen LogP contribution in [0.25, 0.3) is 0 Å². The fraction of sp³-hybridized carbons (Fsp3) is 0.500. The van der Waals surface area contributed by atoms with E-state index >= 15 is 0 Å². The standard InChI is InChI=1S/C14H18N2/c1-2-11(9-15)10-16-14-7-6-12-4-3-5-13(12)8-14/h6-8,11,16H,2-5,10H2,1H3. The zero-order valence-electron chi connectivity index (χ0n) is 9.79. The highest BCUT2D eigenvalue weighted by Crippen LogP contribution is 2.24. The minimum atomic E-state index is 0.119. The number of fused-ring (bicyclic) bond motifs is 1. The van der Waals surface area contributed by atoms with Crippen LogP contribution in [0.3, 0.4) is 0 Å². The molecule has 16 heavy (non-hydrogen) atoms. The van der Waals surface area contributed by atoms with Crippen molar-refractivity contribution < 1.29 is 0 Å². The lowest BCUT2D eigenvalue weighted by atomic mass is 10.1. The monoisotopic (exact) mass is 214 g/mol. The molecule has 1 aliphatic carbocycles. The van der Waals surface area contributed by atoms with E-state index in [4.69, 9.17) is 5.26 Å². The van der Waals surface area contributed by atoms with Crippen LogP contribution in [0, 0.1) is 17.2 Å². The molecule has 1 aromatic rings. The third-order valence-electron chi connectivity index (χ3n) is 3.33. The first-order valence-electron chi connectivity index (χ1n) is 6.08. The van der Waals surface area contributed by atoms with E-state index in [0.717, 1.165) is 18.7 Å². The molecule has 0 aliphatic heterocycles. The van der Waals surface area contributed by atoms with Gasteiger partial charge in [0.05, 0.1) is 12.0 Å². The Morgan fingerprint density at radius 2 is 2.19 bits per heavy atom. The lowest BCUT2D eigenvalue weighted by Crippen LogP contribution is -2.11. The second kappa shape index (κ2) is 5.03. The first-order valence-corrected chi connectivity index (χ1v) is 6.08. The van der Waals surface area contributed by atoms with E-state index in [2.05, 4.69) is 36.5 Å². The SMILES string of the molecule is CCC(C#N)CNc1ccc2c(c1)CCC2. The van der Waals surface area contributed by atoms with E-state index in [1.165, 1.54) is 30.4 Å². The maximum absolute atomic E-state index is 8.87. The minimum absolute atomic E-state index is 0.119. The van der Waals surface area contributed by atoms with Crippen LogP contribution >= 0.6 is 0 Å². The highest BCUT2D eigenvalue weighted by atomic mass is 14.9. The van der Waals surface area contributed by atoms with Crippen LogP contribution in [-0.4, -0.2) is 6.54 Å². The lowest BCUT2D eigenvalue weighted by Gasteiger charge is -2.10. The van der Waals surface area contributed by atoms with Crippen LogP contribution in [0.1, 0.15) is 30.9 Å². The first kappa shape index (κ1) is 11.0. The summed E-state index contributed by atoms with van der Waals surface area (Å²) in [6, 6.07) is 8.91. The summed E-state index contributed by atoms with van der Waals surface area (Å²) in [5.41, 5.74) is 4.14.